The third-order valence-corrected chi connectivity index (χ3v) is 6.07. The van der Waals surface area contributed by atoms with Gasteiger partial charge in [0.15, 0.2) is 0 Å². The maximum Gasteiger partial charge on any atom is 0.236 e. The molecule has 0 radical (unpaired) electrons. The average Bonchev–Trinajstić information content (AvgIpc) is 2.92. The SMILES string of the molecule is COc1ncc(-n2nc(OC[C@H]3CCCN(C[C@@H](C)O)C3)c3c2CCOCC3)cc1C. The fourth-order valence-electron chi connectivity index (χ4n) is 4.65. The van der Waals surface area contributed by atoms with Crippen LogP contribution < -0.4 is 9.47 Å². The average molecular weight is 431 g/mol. The number of fused-ring (bicyclic) bond motifs is 1. The van der Waals surface area contributed by atoms with Gasteiger partial charge in [-0.3, -0.25) is 0 Å². The van der Waals surface area contributed by atoms with Crippen LogP contribution in [-0.2, 0) is 17.6 Å². The second-order valence-electron chi connectivity index (χ2n) is 8.70. The predicted molar refractivity (Wildman–Crippen MR) is 117 cm³/mol. The van der Waals surface area contributed by atoms with Gasteiger partial charge < -0.3 is 24.2 Å². The standard InChI is InChI=1S/C23H34N4O4/c1-16-11-19(12-24-22(16)29-3)27-21-7-10-30-9-6-20(21)23(25-27)31-15-18-5-4-8-26(14-18)13-17(2)28/h11-12,17-18,28H,4-10,13-15H2,1-3H3/t17-,18+/m1/s1. The van der Waals surface area contributed by atoms with E-state index in [1.807, 2.05) is 24.6 Å². The number of nitrogens with zero attached hydrogens (tertiary/aromatic N) is 4. The van der Waals surface area contributed by atoms with Crippen LogP contribution in [0.25, 0.3) is 5.69 Å². The fourth-order valence-corrected chi connectivity index (χ4v) is 4.65. The van der Waals surface area contributed by atoms with Gasteiger partial charge >= 0.3 is 0 Å². The number of piperidine rings is 1. The Morgan fingerprint density at radius 1 is 1.29 bits per heavy atom. The van der Waals surface area contributed by atoms with Gasteiger partial charge in [0.1, 0.15) is 0 Å². The third-order valence-electron chi connectivity index (χ3n) is 6.07. The zero-order valence-corrected chi connectivity index (χ0v) is 18.8. The number of hydrogen-bond acceptors (Lipinski definition) is 7. The predicted octanol–water partition coefficient (Wildman–Crippen LogP) is 2.17. The van der Waals surface area contributed by atoms with E-state index in [4.69, 9.17) is 19.3 Å². The molecule has 8 heteroatoms. The Hall–Kier alpha value is -2.16. The van der Waals surface area contributed by atoms with E-state index in [-0.39, 0.29) is 6.10 Å². The zero-order valence-electron chi connectivity index (χ0n) is 18.8. The van der Waals surface area contributed by atoms with Gasteiger partial charge in [-0.15, -0.1) is 5.10 Å². The number of aliphatic hydroxyl groups is 1. The topological polar surface area (TPSA) is 81.9 Å². The molecule has 1 fully saturated rings. The van der Waals surface area contributed by atoms with Crippen molar-refractivity contribution in [2.75, 3.05) is 46.6 Å². The van der Waals surface area contributed by atoms with Crippen molar-refractivity contribution >= 4 is 0 Å². The molecule has 0 spiro atoms. The van der Waals surface area contributed by atoms with Gasteiger partial charge in [0.05, 0.1) is 50.6 Å². The third kappa shape index (κ3) is 5.19. The van der Waals surface area contributed by atoms with E-state index >= 15 is 0 Å². The van der Waals surface area contributed by atoms with Gasteiger partial charge in [0, 0.05) is 43.0 Å². The van der Waals surface area contributed by atoms with Crippen LogP contribution >= 0.6 is 0 Å². The quantitative estimate of drug-likeness (QED) is 0.721. The minimum absolute atomic E-state index is 0.298. The summed E-state index contributed by atoms with van der Waals surface area (Å²) in [6.45, 7) is 8.56. The number of hydrogen-bond donors (Lipinski definition) is 1. The van der Waals surface area contributed by atoms with Gasteiger partial charge in [0.25, 0.3) is 0 Å². The van der Waals surface area contributed by atoms with Crippen LogP contribution in [0.4, 0.5) is 0 Å². The highest BCUT2D eigenvalue weighted by Crippen LogP contribution is 2.29. The molecule has 2 aliphatic heterocycles. The highest BCUT2D eigenvalue weighted by atomic mass is 16.5. The number of β-amino-alcohol motifs (C(OH)–C–C–N with tert-alkyl or cyclic N) is 1. The van der Waals surface area contributed by atoms with Crippen LogP contribution in [0.3, 0.4) is 0 Å². The molecule has 0 saturated carbocycles. The molecule has 4 rings (SSSR count). The molecule has 170 valence electrons. The molecule has 0 unspecified atom stereocenters. The summed E-state index contributed by atoms with van der Waals surface area (Å²) in [4.78, 5) is 6.76. The fraction of sp³-hybridized carbons (Fsp3) is 0.652. The van der Waals surface area contributed by atoms with Crippen molar-refractivity contribution in [3.63, 3.8) is 0 Å². The molecule has 2 atom stereocenters. The number of methoxy groups -OCH3 is 1. The van der Waals surface area contributed by atoms with Crippen molar-refractivity contribution < 1.29 is 19.3 Å². The normalized spacial score (nSPS) is 20.7. The van der Waals surface area contributed by atoms with Crippen molar-refractivity contribution in [2.24, 2.45) is 5.92 Å². The molecule has 0 bridgehead atoms. The minimum atomic E-state index is -0.298. The Labute approximate surface area is 184 Å². The second-order valence-corrected chi connectivity index (χ2v) is 8.70. The van der Waals surface area contributed by atoms with Crippen LogP contribution in [0.5, 0.6) is 11.8 Å². The van der Waals surface area contributed by atoms with E-state index in [0.717, 1.165) is 67.8 Å². The first-order valence-electron chi connectivity index (χ1n) is 11.3. The van der Waals surface area contributed by atoms with Gasteiger partial charge in [-0.25, -0.2) is 9.67 Å². The first kappa shape index (κ1) is 22.0. The largest absolute Gasteiger partial charge is 0.481 e. The van der Waals surface area contributed by atoms with E-state index in [2.05, 4.69) is 9.88 Å². The van der Waals surface area contributed by atoms with Crippen LogP contribution in [0.2, 0.25) is 0 Å². The summed E-state index contributed by atoms with van der Waals surface area (Å²) in [7, 11) is 1.63. The summed E-state index contributed by atoms with van der Waals surface area (Å²) in [6, 6.07) is 2.05. The Bertz CT molecular complexity index is 883. The van der Waals surface area contributed by atoms with Crippen molar-refractivity contribution in [3.05, 3.63) is 29.1 Å². The minimum Gasteiger partial charge on any atom is -0.481 e. The lowest BCUT2D eigenvalue weighted by Gasteiger charge is -2.33. The lowest BCUT2D eigenvalue weighted by molar-refractivity contribution is 0.0786. The number of aliphatic hydroxyl groups excluding tert-OH is 1. The van der Waals surface area contributed by atoms with Gasteiger partial charge in [0.2, 0.25) is 11.8 Å². The molecule has 2 aromatic rings. The Morgan fingerprint density at radius 3 is 2.90 bits per heavy atom. The highest BCUT2D eigenvalue weighted by Gasteiger charge is 2.25. The van der Waals surface area contributed by atoms with Gasteiger partial charge in [-0.05, 0) is 39.3 Å². The summed E-state index contributed by atoms with van der Waals surface area (Å²) in [5.74, 6) is 1.78. The monoisotopic (exact) mass is 430 g/mol. The first-order valence-corrected chi connectivity index (χ1v) is 11.3. The smallest absolute Gasteiger partial charge is 0.236 e. The molecule has 1 N–H and O–H groups in total. The number of aromatic nitrogens is 3. The lowest BCUT2D eigenvalue weighted by atomic mass is 9.99. The van der Waals surface area contributed by atoms with Crippen molar-refractivity contribution in [3.8, 4) is 17.4 Å². The molecule has 4 heterocycles. The molecule has 31 heavy (non-hydrogen) atoms. The van der Waals surface area contributed by atoms with Crippen LogP contribution in [0.1, 0.15) is 36.6 Å². The maximum atomic E-state index is 9.71. The molecule has 8 nitrogen and oxygen atoms in total. The second kappa shape index (κ2) is 9.97. The maximum absolute atomic E-state index is 9.71. The number of rotatable bonds is 7. The number of ether oxygens (including phenoxy) is 3. The molecule has 0 aromatic carbocycles. The summed E-state index contributed by atoms with van der Waals surface area (Å²) in [5.41, 5.74) is 4.16. The molecule has 0 aliphatic carbocycles. The van der Waals surface area contributed by atoms with Gasteiger partial charge in [-0.1, -0.05) is 0 Å². The van der Waals surface area contributed by atoms with E-state index in [0.29, 0.717) is 37.5 Å². The van der Waals surface area contributed by atoms with Crippen molar-refractivity contribution in [1.29, 1.82) is 0 Å². The Balaban J connectivity index is 1.53. The van der Waals surface area contributed by atoms with Crippen LogP contribution in [0.15, 0.2) is 12.3 Å². The molecule has 2 aromatic heterocycles. The lowest BCUT2D eigenvalue weighted by Crippen LogP contribution is -2.41. The first-order chi connectivity index (χ1) is 15.0. The van der Waals surface area contributed by atoms with Crippen LogP contribution in [-0.4, -0.2) is 77.4 Å². The van der Waals surface area contributed by atoms with Crippen molar-refractivity contribution in [2.45, 2.75) is 45.6 Å². The number of aryl methyl sites for hydroxylation is 1. The van der Waals surface area contributed by atoms with E-state index in [1.165, 1.54) is 0 Å². The van der Waals surface area contributed by atoms with E-state index < -0.39 is 0 Å². The summed E-state index contributed by atoms with van der Waals surface area (Å²) < 4.78 is 19.3. The summed E-state index contributed by atoms with van der Waals surface area (Å²) >= 11 is 0. The number of pyridine rings is 1. The summed E-state index contributed by atoms with van der Waals surface area (Å²) in [5, 5.41) is 14.6. The molecular formula is C23H34N4O4. The van der Waals surface area contributed by atoms with Crippen molar-refractivity contribution in [1.82, 2.24) is 19.7 Å². The molecule has 2 aliphatic rings. The molecular weight excluding hydrogens is 396 g/mol. The van der Waals surface area contributed by atoms with Crippen LogP contribution in [0, 0.1) is 12.8 Å². The Kier molecular flexibility index (Phi) is 7.09. The zero-order chi connectivity index (χ0) is 21.8. The van der Waals surface area contributed by atoms with E-state index in [9.17, 15) is 5.11 Å². The molecule has 1 saturated heterocycles. The number of likely N-dealkylation sites (tertiary alicyclic amines) is 1. The highest BCUT2D eigenvalue weighted by molar-refractivity contribution is 5.43. The Morgan fingerprint density at radius 2 is 2.13 bits per heavy atom. The summed E-state index contributed by atoms with van der Waals surface area (Å²) in [6.07, 6.45) is 5.37. The molecule has 0 amide bonds. The van der Waals surface area contributed by atoms with Gasteiger partial charge in [-0.2, -0.15) is 0 Å². The van der Waals surface area contributed by atoms with E-state index in [1.54, 1.807) is 13.3 Å².